The van der Waals surface area contributed by atoms with E-state index >= 15 is 0 Å². The molecule has 2 nitrogen and oxygen atoms in total. The molecule has 1 aliphatic heterocycles. The van der Waals surface area contributed by atoms with Crippen LogP contribution in [-0.2, 0) is 4.79 Å². The van der Waals surface area contributed by atoms with Crippen molar-refractivity contribution in [3.8, 4) is 0 Å². The van der Waals surface area contributed by atoms with E-state index in [4.69, 9.17) is 11.6 Å². The lowest BCUT2D eigenvalue weighted by Gasteiger charge is -2.21. The number of Topliss-reactive ketones (excluding diaryl/α,β-unsaturated/α-hetero) is 1. The summed E-state index contributed by atoms with van der Waals surface area (Å²) in [5, 5.41) is 0.658. The first kappa shape index (κ1) is 13.5. The van der Waals surface area contributed by atoms with Crippen LogP contribution in [0.1, 0.15) is 24.8 Å². The Balaban J connectivity index is 2.08. The highest BCUT2D eigenvalue weighted by Crippen LogP contribution is 2.23. The fourth-order valence-electron chi connectivity index (χ4n) is 2.37. The molecular weight excluding hydrogens is 253 g/mol. The van der Waals surface area contributed by atoms with Gasteiger partial charge in [-0.2, -0.15) is 0 Å². The third kappa shape index (κ3) is 3.30. The smallest absolute Gasteiger partial charge is 0.138 e. The molecule has 2 atom stereocenters. The van der Waals surface area contributed by atoms with Crippen molar-refractivity contribution in [3.05, 3.63) is 34.9 Å². The van der Waals surface area contributed by atoms with Crippen LogP contribution in [0.5, 0.6) is 0 Å². The topological polar surface area (TPSA) is 20.3 Å². The number of carbonyl (C=O) groups is 1. The molecule has 2 rings (SSSR count). The Bertz CT molecular complexity index is 420. The number of benzene rings is 1. The van der Waals surface area contributed by atoms with E-state index in [2.05, 4.69) is 0 Å². The highest BCUT2D eigenvalue weighted by molar-refractivity contribution is 6.30. The van der Waals surface area contributed by atoms with Gasteiger partial charge in [-0.3, -0.25) is 9.69 Å². The average Bonchev–Trinajstić information content (AvgIpc) is 2.73. The lowest BCUT2D eigenvalue weighted by atomic mass is 9.95. The molecule has 18 heavy (non-hydrogen) atoms. The summed E-state index contributed by atoms with van der Waals surface area (Å²) >= 11 is 5.84. The monoisotopic (exact) mass is 269 g/mol. The summed E-state index contributed by atoms with van der Waals surface area (Å²) in [5.74, 6) is -0.0767. The summed E-state index contributed by atoms with van der Waals surface area (Å²) in [4.78, 5) is 13.8. The fraction of sp³-hybridized carbons (Fsp3) is 0.500. The quantitative estimate of drug-likeness (QED) is 0.837. The Morgan fingerprint density at radius 1 is 1.50 bits per heavy atom. The molecule has 98 valence electrons. The van der Waals surface area contributed by atoms with Gasteiger partial charge < -0.3 is 0 Å². The number of carbonyl (C=O) groups excluding carboxylic acids is 1. The van der Waals surface area contributed by atoms with Gasteiger partial charge in [0.1, 0.15) is 12.0 Å². The van der Waals surface area contributed by atoms with E-state index in [-0.39, 0.29) is 11.7 Å². The molecule has 1 saturated heterocycles. The highest BCUT2D eigenvalue weighted by Gasteiger charge is 2.26. The molecule has 0 aromatic heterocycles. The first-order valence-electron chi connectivity index (χ1n) is 6.18. The first-order chi connectivity index (χ1) is 8.56. The first-order valence-corrected chi connectivity index (χ1v) is 6.56. The maximum absolute atomic E-state index is 13.1. The number of nitrogens with zero attached hydrogens (tertiary/aromatic N) is 1. The van der Waals surface area contributed by atoms with Crippen molar-refractivity contribution in [2.24, 2.45) is 0 Å². The maximum atomic E-state index is 13.1. The second-order valence-corrected chi connectivity index (χ2v) is 5.30. The second-order valence-electron chi connectivity index (χ2n) is 4.86. The second kappa shape index (κ2) is 5.81. The largest absolute Gasteiger partial charge is 0.299 e. The van der Waals surface area contributed by atoms with Crippen LogP contribution in [0.3, 0.4) is 0 Å². The van der Waals surface area contributed by atoms with Crippen molar-refractivity contribution in [2.75, 3.05) is 19.6 Å². The minimum absolute atomic E-state index is 0.111. The minimum atomic E-state index is -0.747. The molecule has 1 unspecified atom stereocenters. The van der Waals surface area contributed by atoms with Gasteiger partial charge in [0.25, 0.3) is 0 Å². The standard InChI is InChI=1S/C14H17ClFNO/c1-10(18)14(9-17-7-6-13(16)8-17)11-2-4-12(15)5-3-11/h2-5,13-14H,6-9H2,1H3/t13-,14?/m1/s1. The zero-order chi connectivity index (χ0) is 13.1. The van der Waals surface area contributed by atoms with Crippen molar-refractivity contribution in [1.82, 2.24) is 4.90 Å². The zero-order valence-electron chi connectivity index (χ0n) is 10.4. The summed E-state index contributed by atoms with van der Waals surface area (Å²) in [5.41, 5.74) is 0.953. The molecule has 0 radical (unpaired) electrons. The number of hydrogen-bond donors (Lipinski definition) is 0. The number of rotatable bonds is 4. The molecule has 1 aromatic rings. The molecule has 0 N–H and O–H groups in total. The number of hydrogen-bond acceptors (Lipinski definition) is 2. The maximum Gasteiger partial charge on any atom is 0.138 e. The zero-order valence-corrected chi connectivity index (χ0v) is 11.2. The van der Waals surface area contributed by atoms with Crippen LogP contribution >= 0.6 is 11.6 Å². The SMILES string of the molecule is CC(=O)C(CN1CC[C@@H](F)C1)c1ccc(Cl)cc1. The number of likely N-dealkylation sites (tertiary alicyclic amines) is 1. The van der Waals surface area contributed by atoms with Crippen molar-refractivity contribution in [1.29, 1.82) is 0 Å². The predicted molar refractivity (Wildman–Crippen MR) is 70.8 cm³/mol. The van der Waals surface area contributed by atoms with Gasteiger partial charge in [-0.05, 0) is 31.0 Å². The van der Waals surface area contributed by atoms with Crippen molar-refractivity contribution < 1.29 is 9.18 Å². The number of ketones is 1. The van der Waals surface area contributed by atoms with Crippen LogP contribution < -0.4 is 0 Å². The number of alkyl halides is 1. The van der Waals surface area contributed by atoms with Crippen LogP contribution in [0.15, 0.2) is 24.3 Å². The molecule has 0 saturated carbocycles. The summed E-state index contributed by atoms with van der Waals surface area (Å²) in [6, 6.07) is 7.32. The molecule has 1 heterocycles. The molecule has 0 amide bonds. The summed E-state index contributed by atoms with van der Waals surface area (Å²) in [6.07, 6.45) is -0.173. The molecular formula is C14H17ClFNO. The van der Waals surface area contributed by atoms with Gasteiger partial charge in [0.2, 0.25) is 0 Å². The van der Waals surface area contributed by atoms with Crippen LogP contribution in [-0.4, -0.2) is 36.5 Å². The summed E-state index contributed by atoms with van der Waals surface area (Å²) in [6.45, 7) is 3.36. The predicted octanol–water partition coefficient (Wildman–Crippen LogP) is 3.06. The third-order valence-corrected chi connectivity index (χ3v) is 3.67. The van der Waals surface area contributed by atoms with Crippen LogP contribution in [0.25, 0.3) is 0 Å². The van der Waals surface area contributed by atoms with Gasteiger partial charge in [-0.1, -0.05) is 23.7 Å². The number of halogens is 2. The summed E-state index contributed by atoms with van der Waals surface area (Å²) < 4.78 is 13.1. The third-order valence-electron chi connectivity index (χ3n) is 3.42. The molecule has 1 aliphatic rings. The lowest BCUT2D eigenvalue weighted by Crippen LogP contribution is -2.29. The van der Waals surface area contributed by atoms with Crippen molar-refractivity contribution in [3.63, 3.8) is 0 Å². The van der Waals surface area contributed by atoms with E-state index in [0.717, 1.165) is 12.1 Å². The van der Waals surface area contributed by atoms with Gasteiger partial charge in [-0.15, -0.1) is 0 Å². The van der Waals surface area contributed by atoms with Crippen molar-refractivity contribution >= 4 is 17.4 Å². The van der Waals surface area contributed by atoms with E-state index in [1.807, 2.05) is 17.0 Å². The minimum Gasteiger partial charge on any atom is -0.299 e. The van der Waals surface area contributed by atoms with Crippen LogP contribution in [0, 0.1) is 0 Å². The van der Waals surface area contributed by atoms with Crippen molar-refractivity contribution in [2.45, 2.75) is 25.4 Å². The normalized spacial score (nSPS) is 22.1. The molecule has 0 spiro atoms. The Hall–Kier alpha value is -0.930. The Morgan fingerprint density at radius 2 is 2.17 bits per heavy atom. The molecule has 1 fully saturated rings. The average molecular weight is 270 g/mol. The van der Waals surface area contributed by atoms with Crippen LogP contribution in [0.2, 0.25) is 5.02 Å². The molecule has 0 bridgehead atoms. The van der Waals surface area contributed by atoms with Crippen LogP contribution in [0.4, 0.5) is 4.39 Å². The van der Waals surface area contributed by atoms with E-state index < -0.39 is 6.17 Å². The highest BCUT2D eigenvalue weighted by atomic mass is 35.5. The van der Waals surface area contributed by atoms with E-state index in [1.54, 1.807) is 19.1 Å². The Labute approximate surface area is 112 Å². The van der Waals surface area contributed by atoms with E-state index in [1.165, 1.54) is 0 Å². The van der Waals surface area contributed by atoms with Gasteiger partial charge in [0.15, 0.2) is 0 Å². The van der Waals surface area contributed by atoms with Gasteiger partial charge in [0, 0.05) is 24.7 Å². The summed E-state index contributed by atoms with van der Waals surface area (Å²) in [7, 11) is 0. The van der Waals surface area contributed by atoms with E-state index in [9.17, 15) is 9.18 Å². The van der Waals surface area contributed by atoms with Gasteiger partial charge in [-0.25, -0.2) is 4.39 Å². The lowest BCUT2D eigenvalue weighted by molar-refractivity contribution is -0.118. The van der Waals surface area contributed by atoms with E-state index in [0.29, 0.717) is 24.5 Å². The molecule has 4 heteroatoms. The fourth-order valence-corrected chi connectivity index (χ4v) is 2.50. The molecule has 1 aromatic carbocycles. The Kier molecular flexibility index (Phi) is 4.36. The van der Waals surface area contributed by atoms with Gasteiger partial charge >= 0.3 is 0 Å². The Morgan fingerprint density at radius 3 is 2.67 bits per heavy atom. The molecule has 0 aliphatic carbocycles. The van der Waals surface area contributed by atoms with Gasteiger partial charge in [0.05, 0.1) is 5.92 Å².